The summed E-state index contributed by atoms with van der Waals surface area (Å²) in [5.74, 6) is 0. The van der Waals surface area contributed by atoms with Crippen LogP contribution in [0.15, 0.2) is 11.1 Å². The van der Waals surface area contributed by atoms with E-state index in [0.717, 1.165) is 12.8 Å². The van der Waals surface area contributed by atoms with E-state index in [4.69, 9.17) is 5.11 Å². The summed E-state index contributed by atoms with van der Waals surface area (Å²) in [5, 5.41) is 9.03. The van der Waals surface area contributed by atoms with Gasteiger partial charge in [-0.1, -0.05) is 11.1 Å². The minimum absolute atomic E-state index is 0.0741. The van der Waals surface area contributed by atoms with Crippen LogP contribution in [0.25, 0.3) is 0 Å². The highest BCUT2D eigenvalue weighted by atomic mass is 16.3. The van der Waals surface area contributed by atoms with Gasteiger partial charge in [0, 0.05) is 0 Å². The second-order valence-electron chi connectivity index (χ2n) is 2.62. The van der Waals surface area contributed by atoms with Crippen molar-refractivity contribution in [2.75, 3.05) is 0 Å². The topological polar surface area (TPSA) is 20.2 Å². The van der Waals surface area contributed by atoms with Gasteiger partial charge in [0.15, 0.2) is 0 Å². The molecular formula is C7H12O. The lowest BCUT2D eigenvalue weighted by atomic mass is 10.2. The number of hydrogen-bond donors (Lipinski definition) is 1. The van der Waals surface area contributed by atoms with E-state index in [1.54, 1.807) is 0 Å². The van der Waals surface area contributed by atoms with E-state index >= 15 is 0 Å². The molecule has 1 heteroatoms. The van der Waals surface area contributed by atoms with Crippen LogP contribution in [0.4, 0.5) is 0 Å². The summed E-state index contributed by atoms with van der Waals surface area (Å²) >= 11 is 0. The van der Waals surface area contributed by atoms with Crippen molar-refractivity contribution in [3.8, 4) is 0 Å². The summed E-state index contributed by atoms with van der Waals surface area (Å²) in [6.07, 6.45) is 1.72. The molecule has 0 aliphatic heterocycles. The maximum Gasteiger partial charge on any atom is 0.0614 e. The van der Waals surface area contributed by atoms with Gasteiger partial charge in [-0.2, -0.15) is 0 Å². The van der Waals surface area contributed by atoms with Gasteiger partial charge in [0.05, 0.1) is 6.10 Å². The quantitative estimate of drug-likeness (QED) is 0.470. The number of aliphatic hydroxyl groups is 1. The van der Waals surface area contributed by atoms with E-state index in [1.807, 2.05) is 0 Å². The highest BCUT2D eigenvalue weighted by molar-refractivity contribution is 5.17. The molecule has 0 aromatic heterocycles. The zero-order chi connectivity index (χ0) is 6.15. The SMILES string of the molecule is CC1=C(C)CC(O)C1. The Kier molecular flexibility index (Phi) is 1.39. The van der Waals surface area contributed by atoms with Crippen LogP contribution in [0.5, 0.6) is 0 Å². The highest BCUT2D eigenvalue weighted by Crippen LogP contribution is 2.24. The average Bonchev–Trinajstić information content (AvgIpc) is 1.85. The monoisotopic (exact) mass is 112 g/mol. The molecule has 0 aromatic rings. The third-order valence-electron chi connectivity index (χ3n) is 1.81. The van der Waals surface area contributed by atoms with E-state index < -0.39 is 0 Å². The molecular weight excluding hydrogens is 100 g/mol. The average molecular weight is 112 g/mol. The minimum Gasteiger partial charge on any atom is -0.392 e. The largest absolute Gasteiger partial charge is 0.392 e. The van der Waals surface area contributed by atoms with Gasteiger partial charge in [-0.05, 0) is 26.7 Å². The zero-order valence-corrected chi connectivity index (χ0v) is 5.44. The summed E-state index contributed by atoms with van der Waals surface area (Å²) in [4.78, 5) is 0. The molecule has 46 valence electrons. The first-order chi connectivity index (χ1) is 3.70. The molecule has 0 saturated carbocycles. The fourth-order valence-corrected chi connectivity index (χ4v) is 1.13. The molecule has 0 aromatic carbocycles. The smallest absolute Gasteiger partial charge is 0.0614 e. The minimum atomic E-state index is -0.0741. The van der Waals surface area contributed by atoms with Gasteiger partial charge in [-0.15, -0.1) is 0 Å². The molecule has 0 amide bonds. The van der Waals surface area contributed by atoms with Crippen LogP contribution in [0.1, 0.15) is 26.7 Å². The Bertz CT molecular complexity index is 110. The van der Waals surface area contributed by atoms with Gasteiger partial charge in [-0.25, -0.2) is 0 Å². The first kappa shape index (κ1) is 5.83. The van der Waals surface area contributed by atoms with Crippen LogP contribution < -0.4 is 0 Å². The van der Waals surface area contributed by atoms with Crippen molar-refractivity contribution in [2.24, 2.45) is 0 Å². The Balaban J connectivity index is 2.60. The first-order valence-corrected chi connectivity index (χ1v) is 3.03. The van der Waals surface area contributed by atoms with E-state index in [0.29, 0.717) is 0 Å². The Hall–Kier alpha value is -0.300. The lowest BCUT2D eigenvalue weighted by molar-refractivity contribution is 0.186. The first-order valence-electron chi connectivity index (χ1n) is 3.03. The van der Waals surface area contributed by atoms with Gasteiger partial charge in [0.25, 0.3) is 0 Å². The Labute approximate surface area is 50.0 Å². The van der Waals surface area contributed by atoms with E-state index in [-0.39, 0.29) is 6.10 Å². The van der Waals surface area contributed by atoms with E-state index in [9.17, 15) is 0 Å². The third kappa shape index (κ3) is 0.920. The van der Waals surface area contributed by atoms with Crippen molar-refractivity contribution in [2.45, 2.75) is 32.8 Å². The second kappa shape index (κ2) is 1.90. The molecule has 0 spiro atoms. The van der Waals surface area contributed by atoms with Crippen molar-refractivity contribution in [1.29, 1.82) is 0 Å². The van der Waals surface area contributed by atoms with Crippen molar-refractivity contribution < 1.29 is 5.11 Å². The van der Waals surface area contributed by atoms with E-state index in [1.165, 1.54) is 11.1 Å². The lowest BCUT2D eigenvalue weighted by Gasteiger charge is -1.95. The summed E-state index contributed by atoms with van der Waals surface area (Å²) < 4.78 is 0. The zero-order valence-electron chi connectivity index (χ0n) is 5.44. The van der Waals surface area contributed by atoms with Crippen molar-refractivity contribution in [3.05, 3.63) is 11.1 Å². The van der Waals surface area contributed by atoms with Gasteiger partial charge >= 0.3 is 0 Å². The molecule has 0 heterocycles. The van der Waals surface area contributed by atoms with Gasteiger partial charge in [-0.3, -0.25) is 0 Å². The van der Waals surface area contributed by atoms with Crippen molar-refractivity contribution in [1.82, 2.24) is 0 Å². The molecule has 8 heavy (non-hydrogen) atoms. The van der Waals surface area contributed by atoms with Gasteiger partial charge < -0.3 is 5.11 Å². The number of hydrogen-bond acceptors (Lipinski definition) is 1. The predicted molar refractivity (Wildman–Crippen MR) is 33.6 cm³/mol. The maximum atomic E-state index is 9.03. The van der Waals surface area contributed by atoms with Crippen molar-refractivity contribution >= 4 is 0 Å². The summed E-state index contributed by atoms with van der Waals surface area (Å²) in [7, 11) is 0. The standard InChI is InChI=1S/C7H12O/c1-5-3-7(8)4-6(5)2/h7-8H,3-4H2,1-2H3. The highest BCUT2D eigenvalue weighted by Gasteiger charge is 2.14. The predicted octanol–water partition coefficient (Wildman–Crippen LogP) is 1.48. The van der Waals surface area contributed by atoms with Crippen LogP contribution in [0.3, 0.4) is 0 Å². The van der Waals surface area contributed by atoms with Gasteiger partial charge in [0.2, 0.25) is 0 Å². The van der Waals surface area contributed by atoms with Crippen LogP contribution in [-0.2, 0) is 0 Å². The summed E-state index contributed by atoms with van der Waals surface area (Å²) in [6.45, 7) is 4.18. The Morgan fingerprint density at radius 3 is 1.75 bits per heavy atom. The second-order valence-corrected chi connectivity index (χ2v) is 2.62. The molecule has 0 bridgehead atoms. The Morgan fingerprint density at radius 1 is 1.25 bits per heavy atom. The molecule has 1 aliphatic rings. The van der Waals surface area contributed by atoms with Crippen molar-refractivity contribution in [3.63, 3.8) is 0 Å². The molecule has 1 aliphatic carbocycles. The molecule has 1 N–H and O–H groups in total. The Morgan fingerprint density at radius 2 is 1.62 bits per heavy atom. The van der Waals surface area contributed by atoms with E-state index in [2.05, 4.69) is 13.8 Å². The molecule has 0 atom stereocenters. The van der Waals surface area contributed by atoms with Crippen LogP contribution in [0, 0.1) is 0 Å². The van der Waals surface area contributed by atoms with Crippen LogP contribution in [0.2, 0.25) is 0 Å². The number of aliphatic hydroxyl groups excluding tert-OH is 1. The molecule has 0 radical (unpaired) electrons. The summed E-state index contributed by atoms with van der Waals surface area (Å²) in [6, 6.07) is 0. The molecule has 0 saturated heterocycles. The van der Waals surface area contributed by atoms with Crippen LogP contribution >= 0.6 is 0 Å². The molecule has 1 rings (SSSR count). The number of rotatable bonds is 0. The lowest BCUT2D eigenvalue weighted by Crippen LogP contribution is -1.98. The third-order valence-corrected chi connectivity index (χ3v) is 1.81. The fourth-order valence-electron chi connectivity index (χ4n) is 1.13. The van der Waals surface area contributed by atoms with Gasteiger partial charge in [0.1, 0.15) is 0 Å². The molecule has 1 nitrogen and oxygen atoms in total. The molecule has 0 fully saturated rings. The summed E-state index contributed by atoms with van der Waals surface area (Å²) in [5.41, 5.74) is 2.75. The normalized spacial score (nSPS) is 22.9. The molecule has 0 unspecified atom stereocenters. The maximum absolute atomic E-state index is 9.03. The fraction of sp³-hybridized carbons (Fsp3) is 0.714. The van der Waals surface area contributed by atoms with Crippen LogP contribution in [-0.4, -0.2) is 11.2 Å².